The molecule has 0 amide bonds. The van der Waals surface area contributed by atoms with E-state index < -0.39 is 0 Å². The molecular formula is C20H14N2O. The molecule has 0 aliphatic carbocycles. The number of carbonyl (C=O) groups excluding carboxylic acids is 1. The van der Waals surface area contributed by atoms with Gasteiger partial charge >= 0.3 is 0 Å². The Morgan fingerprint density at radius 3 is 2.13 bits per heavy atom. The molecule has 3 aromatic carbocycles. The molecule has 0 unspecified atom stereocenters. The molecule has 4 aromatic rings. The van der Waals surface area contributed by atoms with Gasteiger partial charge in [0, 0.05) is 12.0 Å². The lowest BCUT2D eigenvalue weighted by Crippen LogP contribution is -2.04. The van der Waals surface area contributed by atoms with Crippen molar-refractivity contribution >= 4 is 27.9 Å². The van der Waals surface area contributed by atoms with E-state index in [2.05, 4.69) is 4.98 Å². The highest BCUT2D eigenvalue weighted by atomic mass is 16.1. The number of benzene rings is 3. The van der Waals surface area contributed by atoms with Crippen molar-refractivity contribution in [2.75, 3.05) is 0 Å². The molecule has 0 spiro atoms. The smallest absolute Gasteiger partial charge is 0.167 e. The van der Waals surface area contributed by atoms with E-state index >= 15 is 0 Å². The van der Waals surface area contributed by atoms with Crippen molar-refractivity contribution in [1.82, 2.24) is 9.97 Å². The predicted octanol–water partition coefficient (Wildman–Crippen LogP) is 4.21. The van der Waals surface area contributed by atoms with Gasteiger partial charge in [-0.15, -0.1) is 0 Å². The van der Waals surface area contributed by atoms with Crippen molar-refractivity contribution in [2.45, 2.75) is 6.42 Å². The monoisotopic (exact) mass is 298 g/mol. The van der Waals surface area contributed by atoms with Crippen LogP contribution in [-0.4, -0.2) is 15.8 Å². The summed E-state index contributed by atoms with van der Waals surface area (Å²) in [6, 6.07) is 23.0. The lowest BCUT2D eigenvalue weighted by molar-refractivity contribution is 0.0993. The number of ketones is 1. The van der Waals surface area contributed by atoms with Crippen molar-refractivity contribution in [3.63, 3.8) is 0 Å². The van der Waals surface area contributed by atoms with E-state index in [1.807, 2.05) is 72.8 Å². The summed E-state index contributed by atoms with van der Waals surface area (Å²) >= 11 is 0. The van der Waals surface area contributed by atoms with Crippen LogP contribution in [-0.2, 0) is 6.42 Å². The maximum atomic E-state index is 12.5. The Labute approximate surface area is 133 Å². The number of Topliss-reactive ketones (excluding diaryl/α,β-unsaturated/α-hetero) is 1. The van der Waals surface area contributed by atoms with Crippen LogP contribution >= 0.6 is 0 Å². The summed E-state index contributed by atoms with van der Waals surface area (Å²) in [5, 5.41) is 0. The molecule has 0 aliphatic rings. The average molecular weight is 298 g/mol. The Kier molecular flexibility index (Phi) is 3.31. The van der Waals surface area contributed by atoms with Crippen molar-refractivity contribution in [1.29, 1.82) is 0 Å². The fourth-order valence-corrected chi connectivity index (χ4v) is 2.74. The van der Waals surface area contributed by atoms with Crippen LogP contribution in [0.3, 0.4) is 0 Å². The summed E-state index contributed by atoms with van der Waals surface area (Å²) in [7, 11) is 0. The van der Waals surface area contributed by atoms with Crippen molar-refractivity contribution < 1.29 is 4.79 Å². The molecule has 0 saturated heterocycles. The number of hydrogen-bond acceptors (Lipinski definition) is 3. The molecule has 1 heterocycles. The van der Waals surface area contributed by atoms with Gasteiger partial charge in [-0.3, -0.25) is 4.79 Å². The Morgan fingerprint density at radius 1 is 0.696 bits per heavy atom. The molecule has 3 heteroatoms. The number of rotatable bonds is 3. The topological polar surface area (TPSA) is 42.9 Å². The van der Waals surface area contributed by atoms with Gasteiger partial charge in [0.2, 0.25) is 0 Å². The van der Waals surface area contributed by atoms with Gasteiger partial charge in [-0.2, -0.15) is 0 Å². The van der Waals surface area contributed by atoms with Crippen LogP contribution in [0.1, 0.15) is 15.9 Å². The first-order chi connectivity index (χ1) is 11.3. The van der Waals surface area contributed by atoms with Crippen LogP contribution < -0.4 is 0 Å². The van der Waals surface area contributed by atoms with Gasteiger partial charge < -0.3 is 0 Å². The van der Waals surface area contributed by atoms with Gasteiger partial charge in [0.15, 0.2) is 5.78 Å². The third-order valence-electron chi connectivity index (χ3n) is 3.90. The summed E-state index contributed by atoms with van der Waals surface area (Å²) in [6.07, 6.45) is 0.328. The van der Waals surface area contributed by atoms with Crippen molar-refractivity contribution in [3.05, 3.63) is 83.9 Å². The SMILES string of the molecule is O=C(Cc1cccc2nc3ccccc3nc12)c1ccccc1. The number of fused-ring (bicyclic) bond motifs is 2. The Bertz CT molecular complexity index is 1010. The molecular weight excluding hydrogens is 284 g/mol. The molecule has 0 fully saturated rings. The maximum absolute atomic E-state index is 12.5. The first kappa shape index (κ1) is 13.6. The number of para-hydroxylation sites is 3. The second-order valence-corrected chi connectivity index (χ2v) is 5.46. The maximum Gasteiger partial charge on any atom is 0.167 e. The highest BCUT2D eigenvalue weighted by Crippen LogP contribution is 2.20. The highest BCUT2D eigenvalue weighted by molar-refractivity contribution is 5.99. The number of carbonyl (C=O) groups is 1. The van der Waals surface area contributed by atoms with E-state index in [9.17, 15) is 4.79 Å². The molecule has 0 saturated carbocycles. The molecule has 0 aliphatic heterocycles. The summed E-state index contributed by atoms with van der Waals surface area (Å²) in [6.45, 7) is 0. The van der Waals surface area contributed by atoms with E-state index in [4.69, 9.17) is 4.98 Å². The van der Waals surface area contributed by atoms with Crippen LogP contribution in [0.15, 0.2) is 72.8 Å². The molecule has 0 bridgehead atoms. The molecule has 1 aromatic heterocycles. The van der Waals surface area contributed by atoms with Crippen molar-refractivity contribution in [3.8, 4) is 0 Å². The Hall–Kier alpha value is -3.07. The van der Waals surface area contributed by atoms with E-state index in [1.54, 1.807) is 0 Å². The summed E-state index contributed by atoms with van der Waals surface area (Å²) in [5.74, 6) is 0.0908. The first-order valence-corrected chi connectivity index (χ1v) is 7.54. The molecule has 4 rings (SSSR count). The van der Waals surface area contributed by atoms with Crippen LogP contribution in [0.4, 0.5) is 0 Å². The Balaban J connectivity index is 1.80. The third kappa shape index (κ3) is 2.57. The molecule has 110 valence electrons. The van der Waals surface area contributed by atoms with Crippen LogP contribution in [0.25, 0.3) is 22.1 Å². The van der Waals surface area contributed by atoms with Gasteiger partial charge in [-0.1, -0.05) is 54.6 Å². The zero-order chi connectivity index (χ0) is 15.6. The number of nitrogens with zero attached hydrogens (tertiary/aromatic N) is 2. The fourth-order valence-electron chi connectivity index (χ4n) is 2.74. The minimum absolute atomic E-state index is 0.0908. The van der Waals surface area contributed by atoms with Gasteiger partial charge in [0.25, 0.3) is 0 Å². The standard InChI is InChI=1S/C20H14N2O/c23-19(14-7-2-1-3-8-14)13-15-9-6-12-18-20(15)22-17-11-5-4-10-16(17)21-18/h1-12H,13H2. The largest absolute Gasteiger partial charge is 0.294 e. The van der Waals surface area contributed by atoms with Gasteiger partial charge in [-0.25, -0.2) is 9.97 Å². The van der Waals surface area contributed by atoms with Gasteiger partial charge in [0.05, 0.1) is 22.1 Å². The molecule has 23 heavy (non-hydrogen) atoms. The van der Waals surface area contributed by atoms with Crippen molar-refractivity contribution in [2.24, 2.45) is 0 Å². The molecule has 3 nitrogen and oxygen atoms in total. The minimum Gasteiger partial charge on any atom is -0.294 e. The van der Waals surface area contributed by atoms with Crippen LogP contribution in [0.2, 0.25) is 0 Å². The van der Waals surface area contributed by atoms with Gasteiger partial charge in [0.1, 0.15) is 0 Å². The van der Waals surface area contributed by atoms with E-state index in [0.29, 0.717) is 6.42 Å². The zero-order valence-electron chi connectivity index (χ0n) is 12.4. The Morgan fingerprint density at radius 2 is 1.35 bits per heavy atom. The minimum atomic E-state index is 0.0908. The van der Waals surface area contributed by atoms with E-state index in [-0.39, 0.29) is 5.78 Å². The van der Waals surface area contributed by atoms with Gasteiger partial charge in [-0.05, 0) is 23.8 Å². The molecule has 0 N–H and O–H groups in total. The lowest BCUT2D eigenvalue weighted by Gasteiger charge is -2.06. The zero-order valence-corrected chi connectivity index (χ0v) is 12.4. The number of hydrogen-bond donors (Lipinski definition) is 0. The summed E-state index contributed by atoms with van der Waals surface area (Å²) in [4.78, 5) is 21.8. The first-order valence-electron chi connectivity index (χ1n) is 7.54. The number of aromatic nitrogens is 2. The van der Waals surface area contributed by atoms with Crippen LogP contribution in [0, 0.1) is 0 Å². The fraction of sp³-hybridized carbons (Fsp3) is 0.0500. The summed E-state index contributed by atoms with van der Waals surface area (Å²) < 4.78 is 0. The van der Waals surface area contributed by atoms with Crippen LogP contribution in [0.5, 0.6) is 0 Å². The normalized spacial score (nSPS) is 11.0. The predicted molar refractivity (Wildman–Crippen MR) is 91.5 cm³/mol. The average Bonchev–Trinajstić information content (AvgIpc) is 2.61. The second-order valence-electron chi connectivity index (χ2n) is 5.46. The molecule has 0 atom stereocenters. The molecule has 0 radical (unpaired) electrons. The second kappa shape index (κ2) is 5.61. The van der Waals surface area contributed by atoms with E-state index in [0.717, 1.165) is 33.2 Å². The van der Waals surface area contributed by atoms with E-state index in [1.165, 1.54) is 0 Å². The summed E-state index contributed by atoms with van der Waals surface area (Å²) in [5.41, 5.74) is 4.97. The highest BCUT2D eigenvalue weighted by Gasteiger charge is 2.11. The third-order valence-corrected chi connectivity index (χ3v) is 3.90. The quantitative estimate of drug-likeness (QED) is 0.420. The lowest BCUT2D eigenvalue weighted by atomic mass is 10.0.